The lowest BCUT2D eigenvalue weighted by atomic mass is 10.2. The predicted octanol–water partition coefficient (Wildman–Crippen LogP) is 1.72. The number of para-hydroxylation sites is 1. The van der Waals surface area contributed by atoms with Crippen LogP contribution in [-0.4, -0.2) is 5.21 Å². The molecule has 0 fully saturated rings. The standard InChI is InChI=1S/C9H7NO2/c11-10-8-5-6-12-9-4-2-1-3-7(8)9/h1-6,11H/b10-8-. The topological polar surface area (TPSA) is 45.7 Å². The fourth-order valence-electron chi connectivity index (χ4n) is 1.13. The van der Waals surface area contributed by atoms with E-state index >= 15 is 0 Å². The first kappa shape index (κ1) is 6.91. The molecule has 0 aliphatic rings. The number of hydrogen-bond acceptors (Lipinski definition) is 3. The number of rotatable bonds is 0. The van der Waals surface area contributed by atoms with E-state index in [1.165, 1.54) is 6.26 Å². The van der Waals surface area contributed by atoms with Crippen molar-refractivity contribution < 1.29 is 9.62 Å². The summed E-state index contributed by atoms with van der Waals surface area (Å²) in [6.07, 6.45) is 1.50. The lowest BCUT2D eigenvalue weighted by molar-refractivity contribution is 0.302. The molecule has 2 aromatic rings. The van der Waals surface area contributed by atoms with E-state index in [4.69, 9.17) is 9.62 Å². The second-order valence-corrected chi connectivity index (χ2v) is 2.40. The Morgan fingerprint density at radius 1 is 1.17 bits per heavy atom. The molecule has 0 atom stereocenters. The maximum atomic E-state index is 8.62. The van der Waals surface area contributed by atoms with Gasteiger partial charge in [0.1, 0.15) is 10.9 Å². The van der Waals surface area contributed by atoms with Crippen LogP contribution < -0.4 is 5.36 Å². The van der Waals surface area contributed by atoms with Crippen LogP contribution in [0.1, 0.15) is 0 Å². The van der Waals surface area contributed by atoms with E-state index in [9.17, 15) is 0 Å². The Balaban J connectivity index is 2.99. The molecule has 1 heterocycles. The summed E-state index contributed by atoms with van der Waals surface area (Å²) in [4.78, 5) is 0. The van der Waals surface area contributed by atoms with Crippen molar-refractivity contribution >= 4 is 11.0 Å². The molecule has 0 bridgehead atoms. The minimum Gasteiger partial charge on any atom is -0.464 e. The first-order valence-electron chi connectivity index (χ1n) is 3.56. The van der Waals surface area contributed by atoms with E-state index in [2.05, 4.69) is 5.16 Å². The van der Waals surface area contributed by atoms with Crippen molar-refractivity contribution in [2.45, 2.75) is 0 Å². The van der Waals surface area contributed by atoms with E-state index in [-0.39, 0.29) is 0 Å². The average Bonchev–Trinajstić information content (AvgIpc) is 2.17. The third kappa shape index (κ3) is 0.955. The molecule has 12 heavy (non-hydrogen) atoms. The molecule has 0 amide bonds. The van der Waals surface area contributed by atoms with Crippen molar-refractivity contribution in [3.8, 4) is 0 Å². The van der Waals surface area contributed by atoms with Crippen molar-refractivity contribution in [3.63, 3.8) is 0 Å². The molecule has 3 heteroatoms. The van der Waals surface area contributed by atoms with Crippen molar-refractivity contribution in [1.29, 1.82) is 0 Å². The van der Waals surface area contributed by atoms with Gasteiger partial charge < -0.3 is 9.62 Å². The smallest absolute Gasteiger partial charge is 0.136 e. The van der Waals surface area contributed by atoms with Crippen molar-refractivity contribution in [3.05, 3.63) is 42.0 Å². The third-order valence-corrected chi connectivity index (χ3v) is 1.69. The highest BCUT2D eigenvalue weighted by Crippen LogP contribution is 2.07. The summed E-state index contributed by atoms with van der Waals surface area (Å²) < 4.78 is 5.18. The van der Waals surface area contributed by atoms with Gasteiger partial charge in [-0.15, -0.1) is 0 Å². The molecular weight excluding hydrogens is 154 g/mol. The highest BCUT2D eigenvalue weighted by Gasteiger charge is 1.94. The van der Waals surface area contributed by atoms with E-state index in [1.54, 1.807) is 6.07 Å². The van der Waals surface area contributed by atoms with E-state index in [1.807, 2.05) is 24.3 Å². The zero-order chi connectivity index (χ0) is 8.39. The molecule has 60 valence electrons. The third-order valence-electron chi connectivity index (χ3n) is 1.69. The highest BCUT2D eigenvalue weighted by atomic mass is 16.4. The van der Waals surface area contributed by atoms with Crippen LogP contribution in [0.5, 0.6) is 0 Å². The molecule has 0 saturated carbocycles. The normalized spacial score (nSPS) is 12.2. The molecule has 0 aliphatic heterocycles. The maximum absolute atomic E-state index is 8.62. The summed E-state index contributed by atoms with van der Waals surface area (Å²) in [6.45, 7) is 0. The van der Waals surface area contributed by atoms with Gasteiger partial charge in [-0.3, -0.25) is 0 Å². The van der Waals surface area contributed by atoms with E-state index in [0.717, 1.165) is 5.39 Å². The number of fused-ring (bicyclic) bond motifs is 1. The van der Waals surface area contributed by atoms with Gasteiger partial charge in [-0.2, -0.15) is 0 Å². The van der Waals surface area contributed by atoms with Gasteiger partial charge >= 0.3 is 0 Å². The monoisotopic (exact) mass is 161 g/mol. The Morgan fingerprint density at radius 3 is 2.83 bits per heavy atom. The number of benzene rings is 1. The molecule has 0 unspecified atom stereocenters. The van der Waals surface area contributed by atoms with Gasteiger partial charge in [-0.05, 0) is 12.1 Å². The minimum absolute atomic E-state index is 0.525. The van der Waals surface area contributed by atoms with Crippen LogP contribution in [0.15, 0.2) is 46.2 Å². The van der Waals surface area contributed by atoms with Crippen LogP contribution in [0.25, 0.3) is 11.0 Å². The Kier molecular flexibility index (Phi) is 1.55. The summed E-state index contributed by atoms with van der Waals surface area (Å²) in [5, 5.41) is 13.1. The Labute approximate surface area is 68.6 Å². The van der Waals surface area contributed by atoms with Crippen molar-refractivity contribution in [1.82, 2.24) is 0 Å². The quantitative estimate of drug-likeness (QED) is 0.472. The highest BCUT2D eigenvalue weighted by molar-refractivity contribution is 5.75. The molecule has 1 aromatic carbocycles. The predicted molar refractivity (Wildman–Crippen MR) is 43.6 cm³/mol. The lowest BCUT2D eigenvalue weighted by Crippen LogP contribution is -2.00. The molecule has 0 spiro atoms. The fraction of sp³-hybridized carbons (Fsp3) is 0. The second kappa shape index (κ2) is 2.70. The molecule has 1 aromatic heterocycles. The zero-order valence-electron chi connectivity index (χ0n) is 6.27. The van der Waals surface area contributed by atoms with Crippen LogP contribution in [0, 0.1) is 0 Å². The van der Waals surface area contributed by atoms with Gasteiger partial charge in [0.2, 0.25) is 0 Å². The summed E-state index contributed by atoms with van der Waals surface area (Å²) >= 11 is 0. The summed E-state index contributed by atoms with van der Waals surface area (Å²) in [5.41, 5.74) is 0.716. The molecule has 0 radical (unpaired) electrons. The van der Waals surface area contributed by atoms with Gasteiger partial charge in [0.15, 0.2) is 0 Å². The van der Waals surface area contributed by atoms with Gasteiger partial charge in [0.05, 0.1) is 6.26 Å². The molecule has 0 aliphatic carbocycles. The average molecular weight is 161 g/mol. The summed E-state index contributed by atoms with van der Waals surface area (Å²) in [5.74, 6) is 0. The molecule has 3 nitrogen and oxygen atoms in total. The Morgan fingerprint density at radius 2 is 2.00 bits per heavy atom. The minimum atomic E-state index is 0.525. The van der Waals surface area contributed by atoms with Crippen molar-refractivity contribution in [2.75, 3.05) is 0 Å². The number of nitrogens with zero attached hydrogens (tertiary/aromatic N) is 1. The van der Waals surface area contributed by atoms with Gasteiger partial charge in [0, 0.05) is 11.5 Å². The van der Waals surface area contributed by atoms with Crippen LogP contribution >= 0.6 is 0 Å². The van der Waals surface area contributed by atoms with E-state index in [0.29, 0.717) is 10.9 Å². The largest absolute Gasteiger partial charge is 0.464 e. The summed E-state index contributed by atoms with van der Waals surface area (Å²) in [6, 6.07) is 9.01. The molecular formula is C9H7NO2. The Hall–Kier alpha value is -1.77. The van der Waals surface area contributed by atoms with Gasteiger partial charge in [-0.1, -0.05) is 17.3 Å². The number of hydrogen-bond donors (Lipinski definition) is 1. The van der Waals surface area contributed by atoms with Crippen LogP contribution in [0.4, 0.5) is 0 Å². The van der Waals surface area contributed by atoms with Gasteiger partial charge in [0.25, 0.3) is 0 Å². The molecule has 0 saturated heterocycles. The lowest BCUT2D eigenvalue weighted by Gasteiger charge is -1.93. The van der Waals surface area contributed by atoms with Gasteiger partial charge in [-0.25, -0.2) is 0 Å². The van der Waals surface area contributed by atoms with E-state index < -0.39 is 0 Å². The van der Waals surface area contributed by atoms with Crippen LogP contribution in [0.3, 0.4) is 0 Å². The first-order valence-corrected chi connectivity index (χ1v) is 3.56. The molecule has 2 rings (SSSR count). The SMILES string of the molecule is O/N=c1/ccoc2ccccc12. The van der Waals surface area contributed by atoms with Crippen molar-refractivity contribution in [2.24, 2.45) is 5.16 Å². The van der Waals surface area contributed by atoms with Crippen LogP contribution in [0.2, 0.25) is 0 Å². The first-order chi connectivity index (χ1) is 5.92. The fourth-order valence-corrected chi connectivity index (χ4v) is 1.13. The second-order valence-electron chi connectivity index (χ2n) is 2.40. The molecule has 1 N–H and O–H groups in total. The Bertz CT molecular complexity index is 454. The maximum Gasteiger partial charge on any atom is 0.136 e. The van der Waals surface area contributed by atoms with Crippen LogP contribution in [-0.2, 0) is 0 Å². The summed E-state index contributed by atoms with van der Waals surface area (Å²) in [7, 11) is 0. The zero-order valence-corrected chi connectivity index (χ0v) is 6.27.